The highest BCUT2D eigenvalue weighted by molar-refractivity contribution is 9.10. The van der Waals surface area contributed by atoms with Crippen LogP contribution in [0.25, 0.3) is 0 Å². The van der Waals surface area contributed by atoms with Crippen molar-refractivity contribution >= 4 is 45.0 Å². The van der Waals surface area contributed by atoms with Crippen LogP contribution in [0.5, 0.6) is 0 Å². The molecular weight excluding hydrogens is 368 g/mol. The minimum absolute atomic E-state index is 0.239. The molecule has 4 nitrogen and oxygen atoms in total. The summed E-state index contributed by atoms with van der Waals surface area (Å²) in [6.45, 7) is 0.294. The number of carbonyl (C=O) groups is 2. The fourth-order valence-corrected chi connectivity index (χ4v) is 2.42. The first-order valence-corrected chi connectivity index (χ1v) is 7.77. The molecule has 0 saturated carbocycles. The molecule has 0 aliphatic carbocycles. The molecule has 0 radical (unpaired) electrons. The Labute approximate surface area is 142 Å². The fourth-order valence-electron chi connectivity index (χ4n) is 1.82. The maximum atomic E-state index is 11.8. The zero-order valence-corrected chi connectivity index (χ0v) is 13.9. The first kappa shape index (κ1) is 16.5. The monoisotopic (exact) mass is 380 g/mol. The highest BCUT2D eigenvalue weighted by atomic mass is 79.9. The van der Waals surface area contributed by atoms with Crippen molar-refractivity contribution in [3.05, 3.63) is 63.6 Å². The minimum atomic E-state index is -0.366. The van der Waals surface area contributed by atoms with Gasteiger partial charge in [-0.3, -0.25) is 9.59 Å². The normalized spacial score (nSPS) is 10.1. The van der Waals surface area contributed by atoms with E-state index in [0.717, 1.165) is 10.0 Å². The standard InChI is InChI=1S/C16H14BrClN2O2/c17-12-5-3-6-13(8-12)20-16(22)9-15(21)19-10-11-4-1-2-7-14(11)18/h1-8H,9-10H2,(H,19,21)(H,20,22). The van der Waals surface area contributed by atoms with E-state index in [1.807, 2.05) is 24.3 Å². The number of benzene rings is 2. The summed E-state index contributed by atoms with van der Waals surface area (Å²) < 4.78 is 0.855. The molecule has 22 heavy (non-hydrogen) atoms. The van der Waals surface area contributed by atoms with Gasteiger partial charge < -0.3 is 10.6 Å². The van der Waals surface area contributed by atoms with E-state index in [4.69, 9.17) is 11.6 Å². The van der Waals surface area contributed by atoms with Gasteiger partial charge in [-0.25, -0.2) is 0 Å². The average Bonchev–Trinajstić information content (AvgIpc) is 2.46. The summed E-state index contributed by atoms with van der Waals surface area (Å²) in [5.41, 5.74) is 1.45. The zero-order valence-electron chi connectivity index (χ0n) is 11.6. The van der Waals surface area contributed by atoms with Crippen molar-refractivity contribution in [3.8, 4) is 0 Å². The first-order chi connectivity index (χ1) is 10.5. The second kappa shape index (κ2) is 7.96. The van der Waals surface area contributed by atoms with Crippen LogP contribution < -0.4 is 10.6 Å². The van der Waals surface area contributed by atoms with E-state index in [1.165, 1.54) is 0 Å². The molecule has 2 rings (SSSR count). The predicted molar refractivity (Wildman–Crippen MR) is 90.7 cm³/mol. The maximum absolute atomic E-state index is 11.8. The molecule has 2 amide bonds. The molecule has 0 unspecified atom stereocenters. The predicted octanol–water partition coefficient (Wildman–Crippen LogP) is 3.75. The van der Waals surface area contributed by atoms with Gasteiger partial charge in [0.25, 0.3) is 0 Å². The number of halogens is 2. The Morgan fingerprint density at radius 2 is 1.82 bits per heavy atom. The van der Waals surface area contributed by atoms with E-state index in [2.05, 4.69) is 26.6 Å². The number of hydrogen-bond donors (Lipinski definition) is 2. The number of hydrogen-bond acceptors (Lipinski definition) is 2. The van der Waals surface area contributed by atoms with Gasteiger partial charge >= 0.3 is 0 Å². The van der Waals surface area contributed by atoms with Crippen molar-refractivity contribution in [2.24, 2.45) is 0 Å². The molecule has 0 spiro atoms. The lowest BCUT2D eigenvalue weighted by Gasteiger charge is -2.08. The Morgan fingerprint density at radius 1 is 1.05 bits per heavy atom. The lowest BCUT2D eigenvalue weighted by molar-refractivity contribution is -0.126. The molecule has 2 aromatic carbocycles. The molecule has 0 saturated heterocycles. The molecular formula is C16H14BrClN2O2. The van der Waals surface area contributed by atoms with Crippen LogP contribution in [0, 0.1) is 0 Å². The minimum Gasteiger partial charge on any atom is -0.352 e. The SMILES string of the molecule is O=C(CC(=O)Nc1cccc(Br)c1)NCc1ccccc1Cl. The Hall–Kier alpha value is -1.85. The van der Waals surface area contributed by atoms with Gasteiger partial charge in [-0.1, -0.05) is 51.8 Å². The van der Waals surface area contributed by atoms with E-state index in [1.54, 1.807) is 24.3 Å². The molecule has 0 aliphatic heterocycles. The van der Waals surface area contributed by atoms with Crippen LogP contribution in [0.4, 0.5) is 5.69 Å². The second-order valence-electron chi connectivity index (χ2n) is 4.60. The summed E-state index contributed by atoms with van der Waals surface area (Å²) >= 11 is 9.32. The number of nitrogens with one attached hydrogen (secondary N) is 2. The third kappa shape index (κ3) is 5.16. The smallest absolute Gasteiger partial charge is 0.233 e. The fraction of sp³-hybridized carbons (Fsp3) is 0.125. The van der Waals surface area contributed by atoms with E-state index < -0.39 is 0 Å². The second-order valence-corrected chi connectivity index (χ2v) is 5.93. The van der Waals surface area contributed by atoms with Gasteiger partial charge in [0.15, 0.2) is 0 Å². The van der Waals surface area contributed by atoms with E-state index >= 15 is 0 Å². The summed E-state index contributed by atoms with van der Waals surface area (Å²) in [5, 5.41) is 5.93. The summed E-state index contributed by atoms with van der Waals surface area (Å²) in [6.07, 6.45) is -0.239. The summed E-state index contributed by atoms with van der Waals surface area (Å²) in [4.78, 5) is 23.6. The van der Waals surface area contributed by atoms with Crippen LogP contribution >= 0.6 is 27.5 Å². The molecule has 2 aromatic rings. The van der Waals surface area contributed by atoms with Gasteiger partial charge in [-0.2, -0.15) is 0 Å². The molecule has 2 N–H and O–H groups in total. The van der Waals surface area contributed by atoms with E-state index in [-0.39, 0.29) is 18.2 Å². The van der Waals surface area contributed by atoms with Gasteiger partial charge in [0.05, 0.1) is 0 Å². The quantitative estimate of drug-likeness (QED) is 0.775. The number of carbonyl (C=O) groups excluding carboxylic acids is 2. The molecule has 0 fully saturated rings. The number of anilines is 1. The van der Waals surface area contributed by atoms with E-state index in [0.29, 0.717) is 17.3 Å². The van der Waals surface area contributed by atoms with Crippen molar-refractivity contribution in [2.75, 3.05) is 5.32 Å². The Bertz CT molecular complexity index is 691. The summed E-state index contributed by atoms with van der Waals surface area (Å²) in [5.74, 6) is -0.720. The topological polar surface area (TPSA) is 58.2 Å². The lowest BCUT2D eigenvalue weighted by Crippen LogP contribution is -2.27. The highest BCUT2D eigenvalue weighted by Crippen LogP contribution is 2.16. The Balaban J connectivity index is 1.82. The maximum Gasteiger partial charge on any atom is 0.233 e. The molecule has 0 bridgehead atoms. The third-order valence-electron chi connectivity index (χ3n) is 2.86. The zero-order chi connectivity index (χ0) is 15.9. The molecule has 114 valence electrons. The van der Waals surface area contributed by atoms with Crippen LogP contribution in [0.15, 0.2) is 53.0 Å². The van der Waals surface area contributed by atoms with Crippen LogP contribution in [-0.4, -0.2) is 11.8 Å². The van der Waals surface area contributed by atoms with Crippen LogP contribution in [0.3, 0.4) is 0 Å². The van der Waals surface area contributed by atoms with Crippen molar-refractivity contribution < 1.29 is 9.59 Å². The van der Waals surface area contributed by atoms with Gasteiger partial charge in [0.1, 0.15) is 6.42 Å². The van der Waals surface area contributed by atoms with E-state index in [9.17, 15) is 9.59 Å². The summed E-state index contributed by atoms with van der Waals surface area (Å²) in [7, 11) is 0. The number of rotatable bonds is 5. The van der Waals surface area contributed by atoms with Crippen LogP contribution in [-0.2, 0) is 16.1 Å². The molecule has 0 aliphatic rings. The van der Waals surface area contributed by atoms with Crippen molar-refractivity contribution in [3.63, 3.8) is 0 Å². The van der Waals surface area contributed by atoms with Crippen LogP contribution in [0.1, 0.15) is 12.0 Å². The van der Waals surface area contributed by atoms with Gasteiger partial charge in [0.2, 0.25) is 11.8 Å². The first-order valence-electron chi connectivity index (χ1n) is 6.60. The average molecular weight is 382 g/mol. The molecule has 0 aromatic heterocycles. The Morgan fingerprint density at radius 3 is 2.55 bits per heavy atom. The Kier molecular flexibility index (Phi) is 5.98. The van der Waals surface area contributed by atoms with Gasteiger partial charge in [-0.05, 0) is 29.8 Å². The van der Waals surface area contributed by atoms with Gasteiger partial charge in [0, 0.05) is 21.7 Å². The van der Waals surface area contributed by atoms with Gasteiger partial charge in [-0.15, -0.1) is 0 Å². The largest absolute Gasteiger partial charge is 0.352 e. The molecule has 0 heterocycles. The van der Waals surface area contributed by atoms with Crippen LogP contribution in [0.2, 0.25) is 5.02 Å². The number of amides is 2. The molecule has 0 atom stereocenters. The van der Waals surface area contributed by atoms with Crippen molar-refractivity contribution in [2.45, 2.75) is 13.0 Å². The van der Waals surface area contributed by atoms with Crippen molar-refractivity contribution in [1.29, 1.82) is 0 Å². The third-order valence-corrected chi connectivity index (χ3v) is 3.73. The lowest BCUT2D eigenvalue weighted by atomic mass is 10.2. The summed E-state index contributed by atoms with van der Waals surface area (Å²) in [6, 6.07) is 14.4. The molecule has 6 heteroatoms. The van der Waals surface area contributed by atoms with Crippen molar-refractivity contribution in [1.82, 2.24) is 5.32 Å². The highest BCUT2D eigenvalue weighted by Gasteiger charge is 2.10.